The van der Waals surface area contributed by atoms with E-state index < -0.39 is 17.7 Å². The Hall–Kier alpha value is -3.61. The third-order valence-corrected chi connectivity index (χ3v) is 7.23. The number of benzene rings is 3. The molecule has 1 amide bonds. The van der Waals surface area contributed by atoms with Gasteiger partial charge in [0.25, 0.3) is 11.7 Å². The molecule has 1 saturated heterocycles. The van der Waals surface area contributed by atoms with Crippen molar-refractivity contribution in [1.82, 2.24) is 9.80 Å². The van der Waals surface area contributed by atoms with Crippen LogP contribution in [0, 0.1) is 6.92 Å². The fourth-order valence-corrected chi connectivity index (χ4v) is 4.89. The highest BCUT2D eigenvalue weighted by molar-refractivity contribution is 6.46. The molecule has 1 fully saturated rings. The Balaban J connectivity index is 1.69. The number of likely N-dealkylation sites (tertiary alicyclic amines) is 1. The van der Waals surface area contributed by atoms with Gasteiger partial charge in [-0.1, -0.05) is 67.9 Å². The van der Waals surface area contributed by atoms with Crippen LogP contribution in [-0.4, -0.2) is 52.8 Å². The quantitative estimate of drug-likeness (QED) is 0.197. The van der Waals surface area contributed by atoms with Crippen molar-refractivity contribution in [2.75, 3.05) is 26.2 Å². The number of hydrogen-bond donors (Lipinski definition) is 1. The lowest BCUT2D eigenvalue weighted by molar-refractivity contribution is -0.140. The van der Waals surface area contributed by atoms with Crippen molar-refractivity contribution < 1.29 is 19.4 Å². The van der Waals surface area contributed by atoms with E-state index in [1.165, 1.54) is 0 Å². The van der Waals surface area contributed by atoms with Crippen LogP contribution >= 0.6 is 11.6 Å². The molecule has 0 unspecified atom stereocenters. The molecule has 3 aromatic rings. The second-order valence-corrected chi connectivity index (χ2v) is 9.76. The first kappa shape index (κ1) is 27.4. The minimum atomic E-state index is -0.712. The molecule has 1 aliphatic rings. The topological polar surface area (TPSA) is 70.1 Å². The fraction of sp³-hybridized carbons (Fsp3) is 0.290. The third kappa shape index (κ3) is 5.93. The first-order valence-corrected chi connectivity index (χ1v) is 13.3. The number of amides is 1. The fourth-order valence-electron chi connectivity index (χ4n) is 4.77. The van der Waals surface area contributed by atoms with Crippen LogP contribution < -0.4 is 4.74 Å². The van der Waals surface area contributed by atoms with Gasteiger partial charge in [0.2, 0.25) is 0 Å². The number of hydrogen-bond acceptors (Lipinski definition) is 5. The van der Waals surface area contributed by atoms with Crippen LogP contribution in [0.1, 0.15) is 42.1 Å². The number of halogens is 1. The Kier molecular flexibility index (Phi) is 8.87. The summed E-state index contributed by atoms with van der Waals surface area (Å²) < 4.78 is 5.92. The SMILES string of the molecule is CCN(CC)CCN1C(=O)C(=O)/C(=C(/O)c2ccc(OCc3ccccc3)cc2C)[C@H]1c1ccc(Cl)cc1. The highest BCUT2D eigenvalue weighted by Gasteiger charge is 2.46. The van der Waals surface area contributed by atoms with Gasteiger partial charge in [0.1, 0.15) is 18.1 Å². The van der Waals surface area contributed by atoms with Crippen LogP contribution in [0.5, 0.6) is 5.75 Å². The molecule has 0 aliphatic carbocycles. The zero-order valence-electron chi connectivity index (χ0n) is 22.0. The van der Waals surface area contributed by atoms with E-state index in [4.69, 9.17) is 16.3 Å². The molecule has 0 spiro atoms. The van der Waals surface area contributed by atoms with Crippen molar-refractivity contribution in [3.63, 3.8) is 0 Å². The van der Waals surface area contributed by atoms with Gasteiger partial charge >= 0.3 is 0 Å². The highest BCUT2D eigenvalue weighted by Crippen LogP contribution is 2.40. The number of rotatable bonds is 10. The van der Waals surface area contributed by atoms with Crippen molar-refractivity contribution in [1.29, 1.82) is 0 Å². The summed E-state index contributed by atoms with van der Waals surface area (Å²) in [5.41, 5.74) is 3.06. The van der Waals surface area contributed by atoms with E-state index in [-0.39, 0.29) is 11.3 Å². The summed E-state index contributed by atoms with van der Waals surface area (Å²) in [5.74, 6) is -0.845. The molecule has 198 valence electrons. The molecule has 1 heterocycles. The maximum atomic E-state index is 13.3. The first-order valence-electron chi connectivity index (χ1n) is 12.9. The first-order chi connectivity index (χ1) is 18.3. The summed E-state index contributed by atoms with van der Waals surface area (Å²) in [6, 6.07) is 21.5. The van der Waals surface area contributed by atoms with Gasteiger partial charge in [-0.2, -0.15) is 0 Å². The molecule has 0 aromatic heterocycles. The molecule has 7 heteroatoms. The molecular formula is C31H33ClN2O4. The summed E-state index contributed by atoms with van der Waals surface area (Å²) >= 11 is 6.12. The van der Waals surface area contributed by atoms with Crippen LogP contribution in [0.2, 0.25) is 5.02 Å². The summed E-state index contributed by atoms with van der Waals surface area (Å²) in [6.07, 6.45) is 0. The number of aliphatic hydroxyl groups excluding tert-OH is 1. The Morgan fingerprint density at radius 1 is 1.00 bits per heavy atom. The summed E-state index contributed by atoms with van der Waals surface area (Å²) in [4.78, 5) is 30.3. The molecular weight excluding hydrogens is 500 g/mol. The molecule has 1 atom stereocenters. The molecule has 0 radical (unpaired) electrons. The van der Waals surface area contributed by atoms with Crippen molar-refractivity contribution in [2.45, 2.75) is 33.4 Å². The van der Waals surface area contributed by atoms with E-state index in [0.29, 0.717) is 36.0 Å². The van der Waals surface area contributed by atoms with Gasteiger partial charge in [-0.3, -0.25) is 9.59 Å². The minimum Gasteiger partial charge on any atom is -0.507 e. The number of likely N-dealkylation sites (N-methyl/N-ethyl adjacent to an activating group) is 1. The molecule has 1 N–H and O–H groups in total. The molecule has 3 aromatic carbocycles. The van der Waals surface area contributed by atoms with Gasteiger partial charge < -0.3 is 19.6 Å². The number of ether oxygens (including phenoxy) is 1. The summed E-state index contributed by atoms with van der Waals surface area (Å²) in [5, 5.41) is 12.0. The normalized spacial score (nSPS) is 16.9. The van der Waals surface area contributed by atoms with Crippen molar-refractivity contribution in [2.24, 2.45) is 0 Å². The van der Waals surface area contributed by atoms with Crippen LogP contribution in [0.4, 0.5) is 0 Å². The number of ketones is 1. The number of Topliss-reactive ketones (excluding diaryl/α,β-unsaturated/α-hetero) is 1. The van der Waals surface area contributed by atoms with E-state index in [1.54, 1.807) is 41.3 Å². The predicted molar refractivity (Wildman–Crippen MR) is 150 cm³/mol. The third-order valence-electron chi connectivity index (χ3n) is 6.98. The number of aryl methyl sites for hydroxylation is 1. The lowest BCUT2D eigenvalue weighted by atomic mass is 9.94. The summed E-state index contributed by atoms with van der Waals surface area (Å²) in [6.45, 7) is 9.04. The Morgan fingerprint density at radius 3 is 2.32 bits per heavy atom. The van der Waals surface area contributed by atoms with E-state index in [1.807, 2.05) is 43.3 Å². The Bertz CT molecular complexity index is 1320. The number of carbonyl (C=O) groups is 2. The van der Waals surface area contributed by atoms with Gasteiger partial charge in [0.15, 0.2) is 0 Å². The van der Waals surface area contributed by atoms with E-state index in [9.17, 15) is 14.7 Å². The average molecular weight is 533 g/mol. The molecule has 4 rings (SSSR count). The average Bonchev–Trinajstić information content (AvgIpc) is 3.18. The zero-order chi connectivity index (χ0) is 27.2. The summed E-state index contributed by atoms with van der Waals surface area (Å²) in [7, 11) is 0. The second kappa shape index (κ2) is 12.3. The molecule has 0 bridgehead atoms. The van der Waals surface area contributed by atoms with E-state index in [2.05, 4.69) is 18.7 Å². The second-order valence-electron chi connectivity index (χ2n) is 9.32. The number of nitrogens with zero attached hydrogens (tertiary/aromatic N) is 2. The smallest absolute Gasteiger partial charge is 0.295 e. The van der Waals surface area contributed by atoms with Gasteiger partial charge in [-0.25, -0.2) is 0 Å². The monoisotopic (exact) mass is 532 g/mol. The predicted octanol–water partition coefficient (Wildman–Crippen LogP) is 5.99. The van der Waals surface area contributed by atoms with Crippen molar-refractivity contribution in [3.8, 4) is 5.75 Å². The largest absolute Gasteiger partial charge is 0.507 e. The number of carbonyl (C=O) groups excluding carboxylic acids is 2. The standard InChI is InChI=1S/C31H33ClN2O4/c1-4-33(5-2)17-18-34-28(23-11-13-24(32)14-12-23)27(30(36)31(34)37)29(35)26-16-15-25(19-21(26)3)38-20-22-9-7-6-8-10-22/h6-16,19,28,35H,4-5,17-18,20H2,1-3H3/b29-27+/t28-/m1/s1. The highest BCUT2D eigenvalue weighted by atomic mass is 35.5. The maximum Gasteiger partial charge on any atom is 0.295 e. The van der Waals surface area contributed by atoms with Gasteiger partial charge in [-0.15, -0.1) is 0 Å². The van der Waals surface area contributed by atoms with Gasteiger partial charge in [-0.05, 0) is 67.0 Å². The lowest BCUT2D eigenvalue weighted by Crippen LogP contribution is -2.38. The minimum absolute atomic E-state index is 0.0814. The van der Waals surface area contributed by atoms with Crippen molar-refractivity contribution in [3.05, 3.63) is 106 Å². The van der Waals surface area contributed by atoms with Gasteiger partial charge in [0.05, 0.1) is 11.6 Å². The van der Waals surface area contributed by atoms with Crippen molar-refractivity contribution >= 4 is 29.1 Å². The Labute approximate surface area is 229 Å². The van der Waals surface area contributed by atoms with Crippen LogP contribution in [-0.2, 0) is 16.2 Å². The van der Waals surface area contributed by atoms with Crippen LogP contribution in [0.3, 0.4) is 0 Å². The molecule has 1 aliphatic heterocycles. The van der Waals surface area contributed by atoms with Crippen LogP contribution in [0.25, 0.3) is 5.76 Å². The maximum absolute atomic E-state index is 13.3. The molecule has 38 heavy (non-hydrogen) atoms. The zero-order valence-corrected chi connectivity index (χ0v) is 22.7. The number of aliphatic hydroxyl groups is 1. The van der Waals surface area contributed by atoms with Gasteiger partial charge in [0, 0.05) is 23.7 Å². The molecule has 6 nitrogen and oxygen atoms in total. The van der Waals surface area contributed by atoms with E-state index in [0.717, 1.165) is 29.8 Å². The van der Waals surface area contributed by atoms with E-state index >= 15 is 0 Å². The Morgan fingerprint density at radius 2 is 1.68 bits per heavy atom. The lowest BCUT2D eigenvalue weighted by Gasteiger charge is -2.28. The van der Waals surface area contributed by atoms with Crippen LogP contribution in [0.15, 0.2) is 78.4 Å². The molecule has 0 saturated carbocycles.